The Balaban J connectivity index is 1.64. The fourth-order valence-electron chi connectivity index (χ4n) is 3.75. The SMILES string of the molecule is CNC(=O)c1cnc(N)c2[nH]c(-c3cccc(-c4cn5c(n4)COCC5)c3F)cc12. The third-order valence-electron chi connectivity index (χ3n) is 5.30. The third-order valence-corrected chi connectivity index (χ3v) is 5.30. The van der Waals surface area contributed by atoms with Crippen molar-refractivity contribution in [2.24, 2.45) is 0 Å². The number of nitrogen functional groups attached to an aromatic ring is 1. The number of nitrogens with two attached hydrogens (primary N) is 1. The molecule has 1 aromatic carbocycles. The lowest BCUT2D eigenvalue weighted by molar-refractivity contribution is 0.0816. The number of amides is 1. The highest BCUT2D eigenvalue weighted by molar-refractivity contribution is 6.09. The number of carbonyl (C=O) groups excluding carboxylic acids is 1. The lowest BCUT2D eigenvalue weighted by Crippen LogP contribution is -2.18. The largest absolute Gasteiger partial charge is 0.382 e. The Morgan fingerprint density at radius 2 is 2.20 bits per heavy atom. The maximum absolute atomic E-state index is 15.5. The number of H-pyrrole nitrogens is 1. The van der Waals surface area contributed by atoms with Crippen molar-refractivity contribution in [1.82, 2.24) is 24.8 Å². The lowest BCUT2D eigenvalue weighted by Gasteiger charge is -2.13. The number of carbonyl (C=O) groups is 1. The number of imidazole rings is 1. The van der Waals surface area contributed by atoms with Crippen LogP contribution in [-0.4, -0.2) is 39.1 Å². The second kappa shape index (κ2) is 6.96. The first-order valence-electron chi connectivity index (χ1n) is 9.49. The number of hydrogen-bond donors (Lipinski definition) is 3. The highest BCUT2D eigenvalue weighted by Gasteiger charge is 2.20. The number of pyridine rings is 1. The highest BCUT2D eigenvalue weighted by atomic mass is 19.1. The molecule has 0 radical (unpaired) electrons. The van der Waals surface area contributed by atoms with Gasteiger partial charge >= 0.3 is 0 Å². The van der Waals surface area contributed by atoms with Crippen LogP contribution in [0.1, 0.15) is 16.2 Å². The second-order valence-electron chi connectivity index (χ2n) is 7.06. The van der Waals surface area contributed by atoms with Crippen LogP contribution < -0.4 is 11.1 Å². The summed E-state index contributed by atoms with van der Waals surface area (Å²) in [6.45, 7) is 1.72. The first-order valence-corrected chi connectivity index (χ1v) is 9.49. The molecule has 4 aromatic rings. The minimum Gasteiger partial charge on any atom is -0.382 e. The zero-order valence-electron chi connectivity index (χ0n) is 16.2. The van der Waals surface area contributed by atoms with Crippen molar-refractivity contribution in [2.75, 3.05) is 19.4 Å². The Kier molecular flexibility index (Phi) is 4.25. The summed E-state index contributed by atoms with van der Waals surface area (Å²) in [5, 5.41) is 3.16. The van der Waals surface area contributed by atoms with Gasteiger partial charge in [0.25, 0.3) is 5.91 Å². The van der Waals surface area contributed by atoms with Gasteiger partial charge in [0.1, 0.15) is 24.1 Å². The number of nitrogens with zero attached hydrogens (tertiary/aromatic N) is 3. The van der Waals surface area contributed by atoms with Crippen LogP contribution >= 0.6 is 0 Å². The number of halogens is 1. The van der Waals surface area contributed by atoms with E-state index in [4.69, 9.17) is 10.5 Å². The molecule has 1 amide bonds. The van der Waals surface area contributed by atoms with Gasteiger partial charge in [-0.15, -0.1) is 0 Å². The minimum atomic E-state index is -0.409. The maximum Gasteiger partial charge on any atom is 0.253 e. The van der Waals surface area contributed by atoms with Crippen molar-refractivity contribution in [1.29, 1.82) is 0 Å². The lowest BCUT2D eigenvalue weighted by atomic mass is 10.0. The van der Waals surface area contributed by atoms with E-state index in [0.29, 0.717) is 58.7 Å². The molecule has 0 saturated heterocycles. The van der Waals surface area contributed by atoms with Crippen molar-refractivity contribution < 1.29 is 13.9 Å². The van der Waals surface area contributed by atoms with Crippen LogP contribution in [0.15, 0.2) is 36.7 Å². The van der Waals surface area contributed by atoms with Gasteiger partial charge in [-0.25, -0.2) is 14.4 Å². The summed E-state index contributed by atoms with van der Waals surface area (Å²) in [6.07, 6.45) is 3.26. The summed E-state index contributed by atoms with van der Waals surface area (Å²) in [6, 6.07) is 6.86. The molecule has 0 unspecified atom stereocenters. The van der Waals surface area contributed by atoms with E-state index in [-0.39, 0.29) is 11.7 Å². The molecule has 0 fully saturated rings. The first-order chi connectivity index (χ1) is 14.6. The Bertz CT molecular complexity index is 1270. The van der Waals surface area contributed by atoms with Crippen LogP contribution in [0.25, 0.3) is 33.4 Å². The Morgan fingerprint density at radius 3 is 3.00 bits per heavy atom. The number of nitrogens with one attached hydrogen (secondary N) is 2. The van der Waals surface area contributed by atoms with Gasteiger partial charge < -0.3 is 25.3 Å². The van der Waals surface area contributed by atoms with E-state index >= 15 is 4.39 Å². The Hall–Kier alpha value is -3.72. The summed E-state index contributed by atoms with van der Waals surface area (Å²) in [5.41, 5.74) is 8.64. The number of benzene rings is 1. The van der Waals surface area contributed by atoms with Crippen LogP contribution in [0.4, 0.5) is 10.2 Å². The third kappa shape index (κ3) is 2.82. The van der Waals surface area contributed by atoms with Gasteiger partial charge in [0.05, 0.1) is 23.4 Å². The van der Waals surface area contributed by atoms with Gasteiger partial charge in [0.15, 0.2) is 0 Å². The quantitative estimate of drug-likeness (QED) is 0.484. The second-order valence-corrected chi connectivity index (χ2v) is 7.06. The predicted molar refractivity (Wildman–Crippen MR) is 110 cm³/mol. The van der Waals surface area contributed by atoms with Crippen LogP contribution in [0.3, 0.4) is 0 Å². The summed E-state index contributed by atoms with van der Waals surface area (Å²) >= 11 is 0. The number of rotatable bonds is 3. The molecule has 0 atom stereocenters. The number of anilines is 1. The minimum absolute atomic E-state index is 0.238. The zero-order valence-corrected chi connectivity index (χ0v) is 16.2. The van der Waals surface area contributed by atoms with Crippen LogP contribution in [0, 0.1) is 5.82 Å². The standard InChI is InChI=1S/C21H19FN6O2/c1-24-21(29)14-8-25-20(23)19-13(14)7-15(27-19)11-3-2-4-12(18(11)22)16-9-28-5-6-30-10-17(28)26-16/h2-4,7-9,27H,5-6,10H2,1H3,(H2,23,25)(H,24,29). The molecule has 0 aliphatic carbocycles. The predicted octanol–water partition coefficient (Wildman–Crippen LogP) is 2.70. The molecule has 8 nitrogen and oxygen atoms in total. The van der Waals surface area contributed by atoms with E-state index in [1.165, 1.54) is 13.2 Å². The summed E-state index contributed by atoms with van der Waals surface area (Å²) in [4.78, 5) is 23.9. The van der Waals surface area contributed by atoms with Crippen molar-refractivity contribution >= 4 is 22.6 Å². The molecule has 0 bridgehead atoms. The molecule has 1 aliphatic rings. The monoisotopic (exact) mass is 406 g/mol. The van der Waals surface area contributed by atoms with Crippen LogP contribution in [0.2, 0.25) is 0 Å². The molecule has 3 aromatic heterocycles. The summed E-state index contributed by atoms with van der Waals surface area (Å²) in [7, 11) is 1.54. The average molecular weight is 406 g/mol. The van der Waals surface area contributed by atoms with Gasteiger partial charge in [0, 0.05) is 48.2 Å². The molecule has 0 spiro atoms. The fraction of sp³-hybridized carbons (Fsp3) is 0.190. The van der Waals surface area contributed by atoms with Crippen molar-refractivity contribution in [3.63, 3.8) is 0 Å². The Labute approximate surface area is 170 Å². The molecule has 0 saturated carbocycles. The van der Waals surface area contributed by atoms with E-state index in [0.717, 1.165) is 5.82 Å². The molecule has 4 N–H and O–H groups in total. The topological polar surface area (TPSA) is 111 Å². The van der Waals surface area contributed by atoms with E-state index in [1.807, 2.05) is 10.8 Å². The van der Waals surface area contributed by atoms with E-state index < -0.39 is 5.82 Å². The maximum atomic E-state index is 15.5. The molecule has 9 heteroatoms. The smallest absolute Gasteiger partial charge is 0.253 e. The van der Waals surface area contributed by atoms with Crippen LogP contribution in [-0.2, 0) is 17.9 Å². The fourth-order valence-corrected chi connectivity index (χ4v) is 3.75. The van der Waals surface area contributed by atoms with Crippen molar-refractivity contribution in [3.8, 4) is 22.5 Å². The molecule has 4 heterocycles. The molecule has 5 rings (SSSR count). The normalized spacial score (nSPS) is 13.4. The molecular weight excluding hydrogens is 387 g/mol. The summed E-state index contributed by atoms with van der Waals surface area (Å²) in [5.74, 6) is 0.314. The summed E-state index contributed by atoms with van der Waals surface area (Å²) < 4.78 is 22.9. The Morgan fingerprint density at radius 1 is 1.37 bits per heavy atom. The van der Waals surface area contributed by atoms with Crippen molar-refractivity contribution in [2.45, 2.75) is 13.2 Å². The average Bonchev–Trinajstić information content (AvgIpc) is 3.38. The van der Waals surface area contributed by atoms with Gasteiger partial charge in [0.2, 0.25) is 0 Å². The molecular formula is C21H19FN6O2. The number of ether oxygens (including phenoxy) is 1. The molecule has 1 aliphatic heterocycles. The van der Waals surface area contributed by atoms with Gasteiger partial charge in [-0.1, -0.05) is 6.07 Å². The van der Waals surface area contributed by atoms with E-state index in [1.54, 1.807) is 24.3 Å². The van der Waals surface area contributed by atoms with E-state index in [9.17, 15) is 4.79 Å². The number of aromatic amines is 1. The van der Waals surface area contributed by atoms with Gasteiger partial charge in [-0.05, 0) is 18.2 Å². The van der Waals surface area contributed by atoms with Crippen LogP contribution in [0.5, 0.6) is 0 Å². The molecule has 152 valence electrons. The van der Waals surface area contributed by atoms with Crippen molar-refractivity contribution in [3.05, 3.63) is 53.9 Å². The van der Waals surface area contributed by atoms with Gasteiger partial charge in [-0.2, -0.15) is 0 Å². The van der Waals surface area contributed by atoms with Gasteiger partial charge in [-0.3, -0.25) is 4.79 Å². The number of hydrogen-bond acceptors (Lipinski definition) is 5. The first kappa shape index (κ1) is 18.3. The number of aromatic nitrogens is 4. The van der Waals surface area contributed by atoms with E-state index in [2.05, 4.69) is 20.3 Å². The highest BCUT2D eigenvalue weighted by Crippen LogP contribution is 2.34. The molecule has 30 heavy (non-hydrogen) atoms. The zero-order chi connectivity index (χ0) is 20.8. The number of fused-ring (bicyclic) bond motifs is 2.